The van der Waals surface area contributed by atoms with Crippen molar-refractivity contribution in [3.63, 3.8) is 0 Å². The number of benzene rings is 1. The number of alkyl carbamates (subject to hydrolysis) is 1. The van der Waals surface area contributed by atoms with Crippen LogP contribution in [0.15, 0.2) is 24.3 Å². The third kappa shape index (κ3) is 7.26. The molecule has 1 atom stereocenters. The third-order valence-electron chi connectivity index (χ3n) is 4.11. The molecule has 0 bridgehead atoms. The van der Waals surface area contributed by atoms with Gasteiger partial charge in [-0.1, -0.05) is 0 Å². The van der Waals surface area contributed by atoms with Gasteiger partial charge in [0, 0.05) is 25.0 Å². The first-order valence-electron chi connectivity index (χ1n) is 9.47. The average molecular weight is 407 g/mol. The molecule has 2 amide bonds. The Kier molecular flexibility index (Phi) is 7.83. The number of anilines is 2. The van der Waals surface area contributed by atoms with E-state index in [2.05, 4.69) is 5.32 Å². The van der Waals surface area contributed by atoms with E-state index >= 15 is 0 Å². The summed E-state index contributed by atoms with van der Waals surface area (Å²) in [5.41, 5.74) is 1.08. The van der Waals surface area contributed by atoms with Crippen LogP contribution < -0.4 is 15.1 Å². The number of amides is 2. The van der Waals surface area contributed by atoms with Crippen LogP contribution in [0.25, 0.3) is 0 Å². The summed E-state index contributed by atoms with van der Waals surface area (Å²) in [6, 6.07) is 7.47. The van der Waals surface area contributed by atoms with Gasteiger partial charge >= 0.3 is 12.2 Å². The normalized spacial score (nSPS) is 16.3. The van der Waals surface area contributed by atoms with Gasteiger partial charge in [0.25, 0.3) is 0 Å². The van der Waals surface area contributed by atoms with Crippen LogP contribution in [0.2, 0.25) is 0 Å². The fourth-order valence-electron chi connectivity index (χ4n) is 2.70. The van der Waals surface area contributed by atoms with E-state index in [1.54, 1.807) is 20.8 Å². The molecule has 0 spiro atoms. The second-order valence-corrected chi connectivity index (χ2v) is 7.68. The maximum Gasteiger partial charge on any atom is 0.414 e. The van der Waals surface area contributed by atoms with E-state index in [1.165, 1.54) is 4.90 Å². The van der Waals surface area contributed by atoms with Crippen LogP contribution in [0, 0.1) is 0 Å². The predicted molar refractivity (Wildman–Crippen MR) is 108 cm³/mol. The molecule has 1 saturated heterocycles. The Bertz CT molecular complexity index is 701. The molecule has 9 heteroatoms. The van der Waals surface area contributed by atoms with E-state index in [1.807, 2.05) is 36.2 Å². The molecule has 2 rings (SSSR count). The zero-order valence-corrected chi connectivity index (χ0v) is 17.3. The standard InChI is InChI=1S/C20H29N3O6/c1-20(2,3)29-18(25)21-13-17-14-23(19(26)28-17)16-7-5-15(6-8-16)22(4)9-11-27-12-10-24/h5-8,10,17H,9,11-14H2,1-4H3,(H,21,25). The molecule has 0 aromatic heterocycles. The zero-order chi connectivity index (χ0) is 21.4. The third-order valence-corrected chi connectivity index (χ3v) is 4.11. The van der Waals surface area contributed by atoms with Crippen molar-refractivity contribution in [2.45, 2.75) is 32.5 Å². The monoisotopic (exact) mass is 407 g/mol. The molecule has 1 aliphatic rings. The van der Waals surface area contributed by atoms with Crippen molar-refractivity contribution < 1.29 is 28.6 Å². The Morgan fingerprint density at radius 1 is 1.34 bits per heavy atom. The number of ether oxygens (including phenoxy) is 3. The van der Waals surface area contributed by atoms with E-state index in [0.717, 1.165) is 12.0 Å². The summed E-state index contributed by atoms with van der Waals surface area (Å²) in [5, 5.41) is 2.62. The molecule has 0 saturated carbocycles. The number of likely N-dealkylation sites (N-methyl/N-ethyl adjacent to an activating group) is 1. The van der Waals surface area contributed by atoms with Gasteiger partial charge in [0.1, 0.15) is 24.6 Å². The molecular formula is C20H29N3O6. The largest absolute Gasteiger partial charge is 0.444 e. The highest BCUT2D eigenvalue weighted by Crippen LogP contribution is 2.24. The summed E-state index contributed by atoms with van der Waals surface area (Å²) < 4.78 is 15.7. The number of hydrogen-bond acceptors (Lipinski definition) is 7. The Balaban J connectivity index is 1.85. The van der Waals surface area contributed by atoms with Crippen LogP contribution in [0.5, 0.6) is 0 Å². The molecule has 1 unspecified atom stereocenters. The number of rotatable bonds is 9. The van der Waals surface area contributed by atoms with Crippen LogP contribution >= 0.6 is 0 Å². The van der Waals surface area contributed by atoms with Crippen LogP contribution in [-0.4, -0.2) is 70.1 Å². The van der Waals surface area contributed by atoms with Gasteiger partial charge in [-0.15, -0.1) is 0 Å². The van der Waals surface area contributed by atoms with E-state index in [-0.39, 0.29) is 13.2 Å². The number of cyclic esters (lactones) is 1. The summed E-state index contributed by atoms with van der Waals surface area (Å²) in [6.07, 6.45) is -0.728. The smallest absolute Gasteiger partial charge is 0.414 e. The summed E-state index contributed by atoms with van der Waals surface area (Å²) in [4.78, 5) is 37.7. The van der Waals surface area contributed by atoms with Gasteiger partial charge in [-0.25, -0.2) is 9.59 Å². The van der Waals surface area contributed by atoms with Crippen molar-refractivity contribution in [3.8, 4) is 0 Å². The average Bonchev–Trinajstić information content (AvgIpc) is 3.03. The molecule has 0 aliphatic carbocycles. The highest BCUT2D eigenvalue weighted by molar-refractivity contribution is 5.90. The molecule has 9 nitrogen and oxygen atoms in total. The number of carbonyl (C=O) groups is 3. The second kappa shape index (κ2) is 10.1. The molecule has 1 N–H and O–H groups in total. The van der Waals surface area contributed by atoms with Crippen LogP contribution in [-0.2, 0) is 19.0 Å². The predicted octanol–water partition coefficient (Wildman–Crippen LogP) is 2.19. The van der Waals surface area contributed by atoms with E-state index < -0.39 is 23.9 Å². The van der Waals surface area contributed by atoms with Gasteiger partial charge in [0.05, 0.1) is 19.7 Å². The molecule has 29 heavy (non-hydrogen) atoms. The van der Waals surface area contributed by atoms with Crippen molar-refractivity contribution >= 4 is 29.8 Å². The van der Waals surface area contributed by atoms with E-state index in [4.69, 9.17) is 14.2 Å². The topological polar surface area (TPSA) is 97.4 Å². The number of carbonyl (C=O) groups excluding carboxylic acids is 3. The van der Waals surface area contributed by atoms with Crippen molar-refractivity contribution in [1.29, 1.82) is 0 Å². The number of aldehydes is 1. The SMILES string of the molecule is CN(CCOCC=O)c1ccc(N2CC(CNC(=O)OC(C)(C)C)OC2=O)cc1. The van der Waals surface area contributed by atoms with Crippen molar-refractivity contribution in [3.05, 3.63) is 24.3 Å². The van der Waals surface area contributed by atoms with Crippen molar-refractivity contribution in [1.82, 2.24) is 5.32 Å². The lowest BCUT2D eigenvalue weighted by atomic mass is 10.2. The fraction of sp³-hybridized carbons (Fsp3) is 0.550. The van der Waals surface area contributed by atoms with Crippen molar-refractivity contribution in [2.24, 2.45) is 0 Å². The Morgan fingerprint density at radius 2 is 2.03 bits per heavy atom. The lowest BCUT2D eigenvalue weighted by Crippen LogP contribution is -2.38. The molecule has 1 aromatic carbocycles. The van der Waals surface area contributed by atoms with Gasteiger partial charge in [-0.2, -0.15) is 0 Å². The van der Waals surface area contributed by atoms with Gasteiger partial charge < -0.3 is 29.2 Å². The van der Waals surface area contributed by atoms with E-state index in [9.17, 15) is 14.4 Å². The number of nitrogens with zero attached hydrogens (tertiary/aromatic N) is 2. The van der Waals surface area contributed by atoms with Gasteiger partial charge in [0.2, 0.25) is 0 Å². The molecule has 1 fully saturated rings. The summed E-state index contributed by atoms with van der Waals surface area (Å²) >= 11 is 0. The first-order chi connectivity index (χ1) is 13.7. The molecule has 1 heterocycles. The first-order valence-corrected chi connectivity index (χ1v) is 9.47. The first kappa shape index (κ1) is 22.5. The zero-order valence-electron chi connectivity index (χ0n) is 17.3. The minimum absolute atomic E-state index is 0.0911. The molecule has 1 aromatic rings. The summed E-state index contributed by atoms with van der Waals surface area (Å²) in [5.74, 6) is 0. The van der Waals surface area contributed by atoms with Crippen molar-refractivity contribution in [2.75, 3.05) is 49.7 Å². The van der Waals surface area contributed by atoms with Crippen LogP contribution in [0.1, 0.15) is 20.8 Å². The second-order valence-electron chi connectivity index (χ2n) is 7.68. The summed E-state index contributed by atoms with van der Waals surface area (Å²) in [7, 11) is 1.92. The highest BCUT2D eigenvalue weighted by Gasteiger charge is 2.32. The molecule has 1 aliphatic heterocycles. The lowest BCUT2D eigenvalue weighted by Gasteiger charge is -2.21. The fourth-order valence-corrected chi connectivity index (χ4v) is 2.70. The number of hydrogen-bond donors (Lipinski definition) is 1. The Morgan fingerprint density at radius 3 is 2.66 bits per heavy atom. The van der Waals surface area contributed by atoms with Gasteiger partial charge in [0.15, 0.2) is 0 Å². The van der Waals surface area contributed by atoms with Gasteiger partial charge in [-0.05, 0) is 45.0 Å². The molecule has 0 radical (unpaired) electrons. The minimum Gasteiger partial charge on any atom is -0.444 e. The molecule has 160 valence electrons. The minimum atomic E-state index is -0.585. The van der Waals surface area contributed by atoms with E-state index in [0.29, 0.717) is 25.4 Å². The molecular weight excluding hydrogens is 378 g/mol. The Hall–Kier alpha value is -2.81. The Labute approximate surface area is 170 Å². The quantitative estimate of drug-likeness (QED) is 0.495. The maximum absolute atomic E-state index is 12.2. The number of nitrogens with one attached hydrogen (secondary N) is 1. The highest BCUT2D eigenvalue weighted by atomic mass is 16.6. The van der Waals surface area contributed by atoms with Crippen LogP contribution in [0.4, 0.5) is 21.0 Å². The maximum atomic E-state index is 12.2. The summed E-state index contributed by atoms with van der Waals surface area (Å²) in [6.45, 7) is 7.03. The lowest BCUT2D eigenvalue weighted by molar-refractivity contribution is -0.111. The van der Waals surface area contributed by atoms with Crippen LogP contribution in [0.3, 0.4) is 0 Å². The van der Waals surface area contributed by atoms with Gasteiger partial charge in [-0.3, -0.25) is 4.90 Å².